The minimum Gasteiger partial charge on any atom is -0.376 e. The Morgan fingerprint density at radius 2 is 1.76 bits per heavy atom. The molecule has 0 atom stereocenters. The van der Waals surface area contributed by atoms with Gasteiger partial charge in [-0.25, -0.2) is 0 Å². The quantitative estimate of drug-likeness (QED) is 0.793. The van der Waals surface area contributed by atoms with Crippen molar-refractivity contribution in [2.45, 2.75) is 0 Å². The van der Waals surface area contributed by atoms with Crippen molar-refractivity contribution in [2.24, 2.45) is 5.73 Å². The molecule has 4 N–H and O–H groups in total. The third-order valence-corrected chi connectivity index (χ3v) is 3.07. The minimum absolute atomic E-state index is 0.110. The van der Waals surface area contributed by atoms with Crippen LogP contribution in [0.2, 0.25) is 5.02 Å². The van der Waals surface area contributed by atoms with Crippen LogP contribution in [0.4, 0.5) is 11.4 Å². The predicted molar refractivity (Wildman–Crippen MR) is 83.5 cm³/mol. The van der Waals surface area contributed by atoms with Crippen LogP contribution in [0.3, 0.4) is 0 Å². The van der Waals surface area contributed by atoms with E-state index in [2.05, 4.69) is 10.6 Å². The highest BCUT2D eigenvalue weighted by molar-refractivity contribution is 6.34. The molecule has 0 aliphatic heterocycles. The number of hydrogen-bond donors (Lipinski definition) is 3. The van der Waals surface area contributed by atoms with E-state index >= 15 is 0 Å². The lowest BCUT2D eigenvalue weighted by molar-refractivity contribution is -0.114. The van der Waals surface area contributed by atoms with Crippen LogP contribution in [-0.2, 0) is 4.79 Å². The van der Waals surface area contributed by atoms with Crippen LogP contribution in [0.15, 0.2) is 48.5 Å². The summed E-state index contributed by atoms with van der Waals surface area (Å²) in [4.78, 5) is 23.0. The van der Waals surface area contributed by atoms with Crippen LogP contribution in [0.25, 0.3) is 0 Å². The van der Waals surface area contributed by atoms with Crippen molar-refractivity contribution in [1.82, 2.24) is 0 Å². The molecule has 2 aromatic carbocycles. The molecule has 21 heavy (non-hydrogen) atoms. The Morgan fingerprint density at radius 3 is 2.43 bits per heavy atom. The number of anilines is 2. The second-order valence-electron chi connectivity index (χ2n) is 4.33. The fourth-order valence-corrected chi connectivity index (χ4v) is 1.95. The number of carbonyl (C=O) groups is 2. The lowest BCUT2D eigenvalue weighted by Crippen LogP contribution is -2.22. The van der Waals surface area contributed by atoms with E-state index in [1.54, 1.807) is 6.07 Å². The topological polar surface area (TPSA) is 84.2 Å². The molecule has 0 bridgehead atoms. The Hall–Kier alpha value is -2.53. The van der Waals surface area contributed by atoms with Crippen LogP contribution < -0.4 is 16.4 Å². The van der Waals surface area contributed by atoms with Gasteiger partial charge in [0.2, 0.25) is 11.8 Å². The van der Waals surface area contributed by atoms with E-state index in [4.69, 9.17) is 17.3 Å². The highest BCUT2D eigenvalue weighted by Gasteiger charge is 2.09. The lowest BCUT2D eigenvalue weighted by atomic mass is 10.2. The molecule has 0 unspecified atom stereocenters. The molecular formula is C15H14ClN3O2. The van der Waals surface area contributed by atoms with Crippen LogP contribution >= 0.6 is 11.6 Å². The zero-order valence-electron chi connectivity index (χ0n) is 11.1. The summed E-state index contributed by atoms with van der Waals surface area (Å²) in [7, 11) is 0. The summed E-state index contributed by atoms with van der Waals surface area (Å²) in [5, 5.41) is 5.90. The first-order valence-electron chi connectivity index (χ1n) is 6.24. The number of primary amides is 1. The largest absolute Gasteiger partial charge is 0.376 e. The van der Waals surface area contributed by atoms with Crippen molar-refractivity contribution in [3.8, 4) is 0 Å². The summed E-state index contributed by atoms with van der Waals surface area (Å²) >= 11 is 5.84. The number of halogens is 1. The van der Waals surface area contributed by atoms with Crippen molar-refractivity contribution in [3.63, 3.8) is 0 Å². The maximum atomic E-state index is 11.8. The van der Waals surface area contributed by atoms with Crippen molar-refractivity contribution in [3.05, 3.63) is 59.1 Å². The van der Waals surface area contributed by atoms with Gasteiger partial charge in [-0.05, 0) is 30.3 Å². The van der Waals surface area contributed by atoms with E-state index in [9.17, 15) is 9.59 Å². The van der Waals surface area contributed by atoms with Gasteiger partial charge in [-0.15, -0.1) is 0 Å². The number of benzene rings is 2. The number of nitrogens with two attached hydrogens (primary N) is 1. The van der Waals surface area contributed by atoms with Gasteiger partial charge in [-0.2, -0.15) is 0 Å². The van der Waals surface area contributed by atoms with Gasteiger partial charge in [-0.1, -0.05) is 29.8 Å². The lowest BCUT2D eigenvalue weighted by Gasteiger charge is -2.09. The molecule has 108 valence electrons. The summed E-state index contributed by atoms with van der Waals surface area (Å²) < 4.78 is 0. The van der Waals surface area contributed by atoms with Crippen molar-refractivity contribution >= 4 is 34.8 Å². The number of para-hydroxylation sites is 1. The number of rotatable bonds is 5. The van der Waals surface area contributed by atoms with Gasteiger partial charge in [0, 0.05) is 11.4 Å². The number of carbonyl (C=O) groups excluding carboxylic acids is 2. The Morgan fingerprint density at radius 1 is 1.05 bits per heavy atom. The van der Waals surface area contributed by atoms with Crippen molar-refractivity contribution in [1.29, 1.82) is 0 Å². The first-order chi connectivity index (χ1) is 10.1. The number of amides is 2. The first-order valence-corrected chi connectivity index (χ1v) is 6.62. The zero-order chi connectivity index (χ0) is 15.2. The van der Waals surface area contributed by atoms with E-state index in [0.717, 1.165) is 5.69 Å². The zero-order valence-corrected chi connectivity index (χ0v) is 11.9. The summed E-state index contributed by atoms with van der Waals surface area (Å²) in [6.07, 6.45) is 0. The third-order valence-electron chi connectivity index (χ3n) is 2.74. The van der Waals surface area contributed by atoms with E-state index in [1.165, 1.54) is 12.1 Å². The minimum atomic E-state index is -0.640. The SMILES string of the molecule is NC(=O)c1cc(NC(=O)CNc2ccccc2)ccc1Cl. The van der Waals surface area contributed by atoms with E-state index in [1.807, 2.05) is 30.3 Å². The Kier molecular flexibility index (Phi) is 4.79. The van der Waals surface area contributed by atoms with Crippen LogP contribution in [0.5, 0.6) is 0 Å². The first kappa shape index (κ1) is 14.9. The van der Waals surface area contributed by atoms with Gasteiger partial charge < -0.3 is 16.4 Å². The summed E-state index contributed by atoms with van der Waals surface area (Å²) in [6, 6.07) is 13.9. The smallest absolute Gasteiger partial charge is 0.250 e. The summed E-state index contributed by atoms with van der Waals surface area (Å²) in [5.41, 5.74) is 6.69. The second kappa shape index (κ2) is 6.76. The molecule has 0 aromatic heterocycles. The van der Waals surface area contributed by atoms with Gasteiger partial charge in [0.1, 0.15) is 0 Å². The molecule has 0 saturated carbocycles. The standard InChI is InChI=1S/C15H14ClN3O2/c16-13-7-6-11(8-12(13)15(17)21)19-14(20)9-18-10-4-2-1-3-5-10/h1-8,18H,9H2,(H2,17,21)(H,19,20). The molecule has 5 nitrogen and oxygen atoms in total. The molecule has 0 spiro atoms. The average Bonchev–Trinajstić information content (AvgIpc) is 2.48. The fraction of sp³-hybridized carbons (Fsp3) is 0.0667. The van der Waals surface area contributed by atoms with Crippen LogP contribution in [0.1, 0.15) is 10.4 Å². The maximum absolute atomic E-state index is 11.8. The molecule has 0 fully saturated rings. The van der Waals surface area contributed by atoms with Gasteiger partial charge in [0.05, 0.1) is 17.1 Å². The van der Waals surface area contributed by atoms with Crippen molar-refractivity contribution in [2.75, 3.05) is 17.2 Å². The Bertz CT molecular complexity index is 659. The Balaban J connectivity index is 1.97. The average molecular weight is 304 g/mol. The molecular weight excluding hydrogens is 290 g/mol. The highest BCUT2D eigenvalue weighted by Crippen LogP contribution is 2.20. The molecule has 2 amide bonds. The number of nitrogens with one attached hydrogen (secondary N) is 2. The molecule has 0 heterocycles. The third kappa shape index (κ3) is 4.22. The molecule has 0 aliphatic carbocycles. The van der Waals surface area contributed by atoms with E-state index in [0.29, 0.717) is 5.69 Å². The summed E-state index contributed by atoms with van der Waals surface area (Å²) in [5.74, 6) is -0.880. The second-order valence-corrected chi connectivity index (χ2v) is 4.73. The molecule has 6 heteroatoms. The maximum Gasteiger partial charge on any atom is 0.250 e. The summed E-state index contributed by atoms with van der Waals surface area (Å²) in [6.45, 7) is 0.110. The monoisotopic (exact) mass is 303 g/mol. The van der Waals surface area contributed by atoms with E-state index in [-0.39, 0.29) is 23.0 Å². The predicted octanol–water partition coefficient (Wildman–Crippen LogP) is 2.49. The Labute approximate surface area is 127 Å². The number of hydrogen-bond acceptors (Lipinski definition) is 3. The van der Waals surface area contributed by atoms with Gasteiger partial charge in [0.25, 0.3) is 0 Å². The van der Waals surface area contributed by atoms with Crippen LogP contribution in [-0.4, -0.2) is 18.4 Å². The molecule has 2 rings (SSSR count). The van der Waals surface area contributed by atoms with Gasteiger partial charge in [0.15, 0.2) is 0 Å². The fourth-order valence-electron chi connectivity index (χ4n) is 1.74. The normalized spacial score (nSPS) is 9.95. The molecule has 0 radical (unpaired) electrons. The van der Waals surface area contributed by atoms with E-state index < -0.39 is 5.91 Å². The highest BCUT2D eigenvalue weighted by atomic mass is 35.5. The van der Waals surface area contributed by atoms with Crippen molar-refractivity contribution < 1.29 is 9.59 Å². The van der Waals surface area contributed by atoms with Gasteiger partial charge >= 0.3 is 0 Å². The van der Waals surface area contributed by atoms with Gasteiger partial charge in [-0.3, -0.25) is 9.59 Å². The molecule has 0 saturated heterocycles. The molecule has 2 aromatic rings. The molecule has 0 aliphatic rings. The van der Waals surface area contributed by atoms with Crippen LogP contribution in [0, 0.1) is 0 Å².